The predicted octanol–water partition coefficient (Wildman–Crippen LogP) is 0.756. The third-order valence-electron chi connectivity index (χ3n) is 2.41. The standard InChI is InChI=1S/C9H16F2N2O/c1-6-2-3-12-7(4-6)9(14)13-5-8(10)11/h6-8,12H,2-5H2,1H3,(H,13,14). The van der Waals surface area contributed by atoms with Gasteiger partial charge in [0.1, 0.15) is 0 Å². The molecule has 1 amide bonds. The minimum absolute atomic E-state index is 0.294. The van der Waals surface area contributed by atoms with Crippen LogP contribution in [0.25, 0.3) is 0 Å². The summed E-state index contributed by atoms with van der Waals surface area (Å²) in [5.74, 6) is 0.176. The monoisotopic (exact) mass is 206 g/mol. The molecule has 0 spiro atoms. The quantitative estimate of drug-likeness (QED) is 0.715. The maximum atomic E-state index is 11.8. The van der Waals surface area contributed by atoms with Gasteiger partial charge in [0.15, 0.2) is 0 Å². The van der Waals surface area contributed by atoms with Crippen molar-refractivity contribution in [1.29, 1.82) is 0 Å². The zero-order valence-electron chi connectivity index (χ0n) is 8.22. The Labute approximate surface area is 82.2 Å². The number of nitrogens with one attached hydrogen (secondary N) is 2. The molecular weight excluding hydrogens is 190 g/mol. The van der Waals surface area contributed by atoms with Gasteiger partial charge in [0.2, 0.25) is 5.91 Å². The van der Waals surface area contributed by atoms with E-state index < -0.39 is 13.0 Å². The van der Waals surface area contributed by atoms with E-state index in [1.54, 1.807) is 0 Å². The molecule has 2 N–H and O–H groups in total. The van der Waals surface area contributed by atoms with E-state index >= 15 is 0 Å². The van der Waals surface area contributed by atoms with E-state index in [-0.39, 0.29) is 11.9 Å². The van der Waals surface area contributed by atoms with Gasteiger partial charge in [-0.25, -0.2) is 8.78 Å². The average Bonchev–Trinajstić information content (AvgIpc) is 2.14. The van der Waals surface area contributed by atoms with Gasteiger partial charge in [0.25, 0.3) is 6.43 Å². The van der Waals surface area contributed by atoms with Crippen LogP contribution in [0.4, 0.5) is 8.78 Å². The minimum atomic E-state index is -2.47. The first-order valence-corrected chi connectivity index (χ1v) is 4.89. The summed E-state index contributed by atoms with van der Waals surface area (Å²) in [6.45, 7) is 2.30. The molecule has 0 saturated carbocycles. The largest absolute Gasteiger partial charge is 0.349 e. The highest BCUT2D eigenvalue weighted by atomic mass is 19.3. The average molecular weight is 206 g/mol. The van der Waals surface area contributed by atoms with Crippen LogP contribution in [-0.2, 0) is 4.79 Å². The molecule has 0 aromatic carbocycles. The third kappa shape index (κ3) is 3.57. The molecule has 82 valence electrons. The SMILES string of the molecule is CC1CCNC(C(=O)NCC(F)F)C1. The summed E-state index contributed by atoms with van der Waals surface area (Å²) in [6, 6.07) is -0.294. The zero-order valence-corrected chi connectivity index (χ0v) is 8.22. The van der Waals surface area contributed by atoms with Crippen molar-refractivity contribution in [3.8, 4) is 0 Å². The molecule has 0 aliphatic carbocycles. The molecule has 0 bridgehead atoms. The Morgan fingerprint density at radius 2 is 2.36 bits per heavy atom. The number of carbonyl (C=O) groups excluding carboxylic acids is 1. The van der Waals surface area contributed by atoms with E-state index in [0.29, 0.717) is 5.92 Å². The molecule has 0 aromatic rings. The molecule has 2 atom stereocenters. The molecule has 0 aromatic heterocycles. The molecular formula is C9H16F2N2O. The highest BCUT2D eigenvalue weighted by Crippen LogP contribution is 2.14. The van der Waals surface area contributed by atoms with Gasteiger partial charge < -0.3 is 10.6 Å². The first-order chi connectivity index (χ1) is 6.59. The van der Waals surface area contributed by atoms with Crippen molar-refractivity contribution < 1.29 is 13.6 Å². The van der Waals surface area contributed by atoms with Crippen molar-refractivity contribution in [1.82, 2.24) is 10.6 Å². The van der Waals surface area contributed by atoms with Crippen molar-refractivity contribution in [2.75, 3.05) is 13.1 Å². The van der Waals surface area contributed by atoms with Gasteiger partial charge in [0.05, 0.1) is 12.6 Å². The van der Waals surface area contributed by atoms with Crippen molar-refractivity contribution in [3.63, 3.8) is 0 Å². The lowest BCUT2D eigenvalue weighted by Crippen LogP contribution is -2.49. The summed E-state index contributed by atoms with van der Waals surface area (Å²) in [6.07, 6.45) is -0.701. The Morgan fingerprint density at radius 3 is 2.93 bits per heavy atom. The zero-order chi connectivity index (χ0) is 10.6. The van der Waals surface area contributed by atoms with Gasteiger partial charge in [-0.2, -0.15) is 0 Å². The Balaban J connectivity index is 2.29. The summed E-state index contributed by atoms with van der Waals surface area (Å²) in [5.41, 5.74) is 0. The molecule has 1 rings (SSSR count). The molecule has 1 aliphatic rings. The van der Waals surface area contributed by atoms with Gasteiger partial charge >= 0.3 is 0 Å². The molecule has 1 saturated heterocycles. The first-order valence-electron chi connectivity index (χ1n) is 4.89. The lowest BCUT2D eigenvalue weighted by Gasteiger charge is -2.27. The van der Waals surface area contributed by atoms with E-state index in [1.807, 2.05) is 0 Å². The number of amides is 1. The van der Waals surface area contributed by atoms with Crippen LogP contribution in [0.3, 0.4) is 0 Å². The van der Waals surface area contributed by atoms with Crippen LogP contribution in [0, 0.1) is 5.92 Å². The maximum absolute atomic E-state index is 11.8. The fourth-order valence-electron chi connectivity index (χ4n) is 1.61. The number of halogens is 2. The normalized spacial score (nSPS) is 27.7. The Hall–Kier alpha value is -0.710. The fraction of sp³-hybridized carbons (Fsp3) is 0.889. The number of carbonyl (C=O) groups is 1. The molecule has 2 unspecified atom stereocenters. The van der Waals surface area contributed by atoms with Crippen LogP contribution < -0.4 is 10.6 Å². The van der Waals surface area contributed by atoms with E-state index in [9.17, 15) is 13.6 Å². The lowest BCUT2D eigenvalue weighted by atomic mass is 9.94. The van der Waals surface area contributed by atoms with Crippen LogP contribution in [0.2, 0.25) is 0 Å². The number of alkyl halides is 2. The van der Waals surface area contributed by atoms with Gasteiger partial charge in [-0.15, -0.1) is 0 Å². The minimum Gasteiger partial charge on any atom is -0.349 e. The summed E-state index contributed by atoms with van der Waals surface area (Å²) >= 11 is 0. The summed E-state index contributed by atoms with van der Waals surface area (Å²) in [7, 11) is 0. The smallest absolute Gasteiger partial charge is 0.255 e. The van der Waals surface area contributed by atoms with E-state index in [0.717, 1.165) is 19.4 Å². The topological polar surface area (TPSA) is 41.1 Å². The third-order valence-corrected chi connectivity index (χ3v) is 2.41. The van der Waals surface area contributed by atoms with Gasteiger partial charge in [0, 0.05) is 0 Å². The van der Waals surface area contributed by atoms with Crippen LogP contribution in [0.15, 0.2) is 0 Å². The highest BCUT2D eigenvalue weighted by molar-refractivity contribution is 5.81. The van der Waals surface area contributed by atoms with E-state index in [4.69, 9.17) is 0 Å². The van der Waals surface area contributed by atoms with Gasteiger partial charge in [-0.3, -0.25) is 4.79 Å². The second-order valence-electron chi connectivity index (χ2n) is 3.77. The molecule has 14 heavy (non-hydrogen) atoms. The molecule has 1 aliphatic heterocycles. The van der Waals surface area contributed by atoms with Crippen LogP contribution in [0.5, 0.6) is 0 Å². The van der Waals surface area contributed by atoms with Crippen LogP contribution in [0.1, 0.15) is 19.8 Å². The predicted molar refractivity (Wildman–Crippen MR) is 49.2 cm³/mol. The van der Waals surface area contributed by atoms with Crippen LogP contribution >= 0.6 is 0 Å². The number of piperidine rings is 1. The van der Waals surface area contributed by atoms with Crippen molar-refractivity contribution >= 4 is 5.91 Å². The highest BCUT2D eigenvalue weighted by Gasteiger charge is 2.24. The molecule has 1 fully saturated rings. The number of hydrogen-bond donors (Lipinski definition) is 2. The fourth-order valence-corrected chi connectivity index (χ4v) is 1.61. The van der Waals surface area contributed by atoms with Crippen molar-refractivity contribution in [2.24, 2.45) is 5.92 Å². The van der Waals surface area contributed by atoms with Crippen LogP contribution in [-0.4, -0.2) is 31.5 Å². The Morgan fingerprint density at radius 1 is 1.64 bits per heavy atom. The molecule has 5 heteroatoms. The molecule has 3 nitrogen and oxygen atoms in total. The summed E-state index contributed by atoms with van der Waals surface area (Å²) < 4.78 is 23.6. The number of rotatable bonds is 3. The summed E-state index contributed by atoms with van der Waals surface area (Å²) in [5, 5.41) is 5.24. The number of hydrogen-bond acceptors (Lipinski definition) is 2. The van der Waals surface area contributed by atoms with Crippen molar-refractivity contribution in [3.05, 3.63) is 0 Å². The molecule has 0 radical (unpaired) electrons. The van der Waals surface area contributed by atoms with Gasteiger partial charge in [-0.1, -0.05) is 6.92 Å². The molecule has 1 heterocycles. The van der Waals surface area contributed by atoms with Gasteiger partial charge in [-0.05, 0) is 25.3 Å². The summed E-state index contributed by atoms with van der Waals surface area (Å²) in [4.78, 5) is 11.3. The first kappa shape index (κ1) is 11.4. The second kappa shape index (κ2) is 5.24. The Kier molecular flexibility index (Phi) is 4.25. The second-order valence-corrected chi connectivity index (χ2v) is 3.77. The van der Waals surface area contributed by atoms with Crippen molar-refractivity contribution in [2.45, 2.75) is 32.2 Å². The lowest BCUT2D eigenvalue weighted by molar-refractivity contribution is -0.124. The van der Waals surface area contributed by atoms with E-state index in [2.05, 4.69) is 17.6 Å². The Bertz CT molecular complexity index is 199. The maximum Gasteiger partial charge on any atom is 0.255 e. The van der Waals surface area contributed by atoms with E-state index in [1.165, 1.54) is 0 Å².